The van der Waals surface area contributed by atoms with Crippen LogP contribution in [-0.2, 0) is 6.42 Å². The van der Waals surface area contributed by atoms with E-state index in [2.05, 4.69) is 30.1 Å². The highest BCUT2D eigenvalue weighted by atomic mass is 16.1. The van der Waals surface area contributed by atoms with E-state index in [0.29, 0.717) is 6.42 Å². The van der Waals surface area contributed by atoms with Gasteiger partial charge < -0.3 is 0 Å². The SMILES string of the molecule is Cc1cccc(CCC(=O)c2ccc3ncccc3c2)c1. The summed E-state index contributed by atoms with van der Waals surface area (Å²) in [6.45, 7) is 2.07. The normalized spacial score (nSPS) is 10.7. The lowest BCUT2D eigenvalue weighted by atomic mass is 10.0. The van der Waals surface area contributed by atoms with Crippen LogP contribution in [0.1, 0.15) is 27.9 Å². The standard InChI is InChI=1S/C19H17NO/c1-14-4-2-5-15(12-14)7-10-19(21)17-8-9-18-16(13-17)6-3-11-20-18/h2-6,8-9,11-13H,7,10H2,1H3. The van der Waals surface area contributed by atoms with Crippen molar-refractivity contribution in [2.45, 2.75) is 19.8 Å². The number of pyridine rings is 1. The molecule has 0 aliphatic rings. The zero-order valence-electron chi connectivity index (χ0n) is 12.0. The summed E-state index contributed by atoms with van der Waals surface area (Å²) >= 11 is 0. The van der Waals surface area contributed by atoms with Crippen molar-refractivity contribution in [3.63, 3.8) is 0 Å². The monoisotopic (exact) mass is 275 g/mol. The number of nitrogens with zero attached hydrogens (tertiary/aromatic N) is 1. The maximum absolute atomic E-state index is 12.3. The zero-order chi connectivity index (χ0) is 14.7. The molecule has 1 heterocycles. The maximum atomic E-state index is 12.3. The Labute approximate surface area is 124 Å². The minimum absolute atomic E-state index is 0.183. The first-order valence-electron chi connectivity index (χ1n) is 7.16. The molecule has 104 valence electrons. The molecule has 0 amide bonds. The van der Waals surface area contributed by atoms with E-state index < -0.39 is 0 Å². The summed E-state index contributed by atoms with van der Waals surface area (Å²) in [6, 6.07) is 17.9. The average molecular weight is 275 g/mol. The quantitative estimate of drug-likeness (QED) is 0.662. The van der Waals surface area contributed by atoms with Crippen LogP contribution in [0.25, 0.3) is 10.9 Å². The van der Waals surface area contributed by atoms with Crippen molar-refractivity contribution < 1.29 is 4.79 Å². The van der Waals surface area contributed by atoms with Crippen molar-refractivity contribution in [1.29, 1.82) is 0 Å². The summed E-state index contributed by atoms with van der Waals surface area (Å²) in [5, 5.41) is 1.01. The van der Waals surface area contributed by atoms with Crippen LogP contribution in [0.2, 0.25) is 0 Å². The Morgan fingerprint density at radius 1 is 1.05 bits per heavy atom. The molecule has 21 heavy (non-hydrogen) atoms. The van der Waals surface area contributed by atoms with E-state index in [1.165, 1.54) is 11.1 Å². The lowest BCUT2D eigenvalue weighted by Crippen LogP contribution is -2.01. The molecule has 3 aromatic rings. The summed E-state index contributed by atoms with van der Waals surface area (Å²) in [4.78, 5) is 16.6. The number of aromatic nitrogens is 1. The van der Waals surface area contributed by atoms with Crippen LogP contribution < -0.4 is 0 Å². The molecule has 3 rings (SSSR count). The summed E-state index contributed by atoms with van der Waals surface area (Å²) in [5.74, 6) is 0.183. The number of carbonyl (C=O) groups is 1. The Kier molecular flexibility index (Phi) is 3.78. The highest BCUT2D eigenvalue weighted by Gasteiger charge is 2.07. The zero-order valence-corrected chi connectivity index (χ0v) is 12.0. The van der Waals surface area contributed by atoms with E-state index in [0.717, 1.165) is 22.9 Å². The van der Waals surface area contributed by atoms with Crippen LogP contribution in [0.3, 0.4) is 0 Å². The first kappa shape index (κ1) is 13.5. The lowest BCUT2D eigenvalue weighted by Gasteiger charge is -2.04. The molecule has 0 saturated carbocycles. The molecule has 0 radical (unpaired) electrons. The van der Waals surface area contributed by atoms with E-state index in [9.17, 15) is 4.79 Å². The fourth-order valence-electron chi connectivity index (χ4n) is 2.52. The van der Waals surface area contributed by atoms with Crippen molar-refractivity contribution >= 4 is 16.7 Å². The molecule has 0 N–H and O–H groups in total. The minimum Gasteiger partial charge on any atom is -0.294 e. The molecule has 0 unspecified atom stereocenters. The van der Waals surface area contributed by atoms with Crippen molar-refractivity contribution in [3.05, 3.63) is 77.5 Å². The number of hydrogen-bond acceptors (Lipinski definition) is 2. The molecule has 1 aromatic heterocycles. The van der Waals surface area contributed by atoms with Crippen LogP contribution >= 0.6 is 0 Å². The molecule has 2 nitrogen and oxygen atoms in total. The number of ketones is 1. The Hall–Kier alpha value is -2.48. The van der Waals surface area contributed by atoms with Gasteiger partial charge in [-0.1, -0.05) is 35.9 Å². The van der Waals surface area contributed by atoms with E-state index in [-0.39, 0.29) is 5.78 Å². The van der Waals surface area contributed by atoms with Gasteiger partial charge in [-0.05, 0) is 43.2 Å². The van der Waals surface area contributed by atoms with Gasteiger partial charge in [0.25, 0.3) is 0 Å². The van der Waals surface area contributed by atoms with Gasteiger partial charge in [-0.3, -0.25) is 9.78 Å². The average Bonchev–Trinajstić information content (AvgIpc) is 2.52. The van der Waals surface area contributed by atoms with Crippen LogP contribution in [0.4, 0.5) is 0 Å². The third-order valence-corrected chi connectivity index (χ3v) is 3.65. The van der Waals surface area contributed by atoms with Crippen molar-refractivity contribution in [2.75, 3.05) is 0 Å². The molecular weight excluding hydrogens is 258 g/mol. The highest BCUT2D eigenvalue weighted by Crippen LogP contribution is 2.16. The second kappa shape index (κ2) is 5.88. The van der Waals surface area contributed by atoms with E-state index in [1.807, 2.05) is 36.4 Å². The Morgan fingerprint density at radius 2 is 1.95 bits per heavy atom. The van der Waals surface area contributed by atoms with Gasteiger partial charge in [0.1, 0.15) is 0 Å². The van der Waals surface area contributed by atoms with Crippen molar-refractivity contribution in [2.24, 2.45) is 0 Å². The number of hydrogen-bond donors (Lipinski definition) is 0. The van der Waals surface area contributed by atoms with Crippen molar-refractivity contribution in [1.82, 2.24) is 4.98 Å². The first-order chi connectivity index (χ1) is 10.2. The van der Waals surface area contributed by atoms with Gasteiger partial charge in [0.05, 0.1) is 5.52 Å². The molecule has 2 heteroatoms. The maximum Gasteiger partial charge on any atom is 0.163 e. The molecule has 0 fully saturated rings. The predicted molar refractivity (Wildman–Crippen MR) is 85.6 cm³/mol. The highest BCUT2D eigenvalue weighted by molar-refractivity contribution is 5.99. The van der Waals surface area contributed by atoms with Gasteiger partial charge in [-0.2, -0.15) is 0 Å². The number of Topliss-reactive ketones (excluding diaryl/α,β-unsaturated/α-hetero) is 1. The topological polar surface area (TPSA) is 30.0 Å². The van der Waals surface area contributed by atoms with Gasteiger partial charge in [0.2, 0.25) is 0 Å². The Balaban J connectivity index is 1.74. The smallest absolute Gasteiger partial charge is 0.163 e. The molecule has 0 atom stereocenters. The van der Waals surface area contributed by atoms with Gasteiger partial charge >= 0.3 is 0 Å². The number of carbonyl (C=O) groups excluding carboxylic acids is 1. The Bertz CT molecular complexity index is 792. The second-order valence-electron chi connectivity index (χ2n) is 5.32. The van der Waals surface area contributed by atoms with Gasteiger partial charge in [0, 0.05) is 23.6 Å². The first-order valence-corrected chi connectivity index (χ1v) is 7.16. The Morgan fingerprint density at radius 3 is 2.81 bits per heavy atom. The van der Waals surface area contributed by atoms with Crippen LogP contribution in [-0.4, -0.2) is 10.8 Å². The molecule has 0 bridgehead atoms. The number of benzene rings is 2. The summed E-state index contributed by atoms with van der Waals surface area (Å²) in [6.07, 6.45) is 3.09. The number of aryl methyl sites for hydroxylation is 2. The predicted octanol–water partition coefficient (Wildman–Crippen LogP) is 4.36. The van der Waals surface area contributed by atoms with Gasteiger partial charge in [-0.15, -0.1) is 0 Å². The van der Waals surface area contributed by atoms with Crippen LogP contribution in [0.15, 0.2) is 60.8 Å². The summed E-state index contributed by atoms with van der Waals surface area (Å²) in [5.41, 5.74) is 4.14. The molecule has 0 saturated heterocycles. The van der Waals surface area contributed by atoms with E-state index in [4.69, 9.17) is 0 Å². The third-order valence-electron chi connectivity index (χ3n) is 3.65. The fourth-order valence-corrected chi connectivity index (χ4v) is 2.52. The van der Waals surface area contributed by atoms with E-state index in [1.54, 1.807) is 6.20 Å². The van der Waals surface area contributed by atoms with Gasteiger partial charge in [-0.25, -0.2) is 0 Å². The van der Waals surface area contributed by atoms with Crippen molar-refractivity contribution in [3.8, 4) is 0 Å². The lowest BCUT2D eigenvalue weighted by molar-refractivity contribution is 0.0983. The summed E-state index contributed by atoms with van der Waals surface area (Å²) < 4.78 is 0. The largest absolute Gasteiger partial charge is 0.294 e. The third kappa shape index (κ3) is 3.16. The molecule has 0 aliphatic heterocycles. The second-order valence-corrected chi connectivity index (χ2v) is 5.32. The molecule has 0 spiro atoms. The fraction of sp³-hybridized carbons (Fsp3) is 0.158. The van der Waals surface area contributed by atoms with Crippen LogP contribution in [0.5, 0.6) is 0 Å². The minimum atomic E-state index is 0.183. The van der Waals surface area contributed by atoms with E-state index >= 15 is 0 Å². The molecular formula is C19H17NO. The number of fused-ring (bicyclic) bond motifs is 1. The molecule has 0 aliphatic carbocycles. The van der Waals surface area contributed by atoms with Gasteiger partial charge in [0.15, 0.2) is 5.78 Å². The molecule has 2 aromatic carbocycles. The number of rotatable bonds is 4. The van der Waals surface area contributed by atoms with Crippen LogP contribution in [0, 0.1) is 6.92 Å². The summed E-state index contributed by atoms with van der Waals surface area (Å²) in [7, 11) is 0.